The van der Waals surface area contributed by atoms with Gasteiger partial charge in [-0.3, -0.25) is 9.79 Å². The molecule has 0 atom stereocenters. The number of halogens is 1. The topological polar surface area (TPSA) is 74.8 Å². The summed E-state index contributed by atoms with van der Waals surface area (Å²) in [6, 6.07) is 9.18. The molecule has 0 fully saturated rings. The van der Waals surface area contributed by atoms with Gasteiger partial charge in [0.15, 0.2) is 5.96 Å². The zero-order valence-corrected chi connectivity index (χ0v) is 16.1. The molecule has 1 aromatic carbocycles. The summed E-state index contributed by atoms with van der Waals surface area (Å²) in [5.74, 6) is 0.692. The van der Waals surface area contributed by atoms with E-state index in [1.165, 1.54) is 0 Å². The first kappa shape index (κ1) is 21.6. The van der Waals surface area contributed by atoms with Crippen LogP contribution in [0.25, 0.3) is 0 Å². The van der Waals surface area contributed by atoms with Crippen LogP contribution < -0.4 is 16.0 Å². The van der Waals surface area contributed by atoms with E-state index in [-0.39, 0.29) is 29.9 Å². The molecule has 6 nitrogen and oxygen atoms in total. The van der Waals surface area contributed by atoms with E-state index in [1.807, 2.05) is 25.1 Å². The summed E-state index contributed by atoms with van der Waals surface area (Å²) in [5.41, 5.74) is 0.669. The predicted octanol–water partition coefficient (Wildman–Crippen LogP) is 1.63. The number of rotatable bonds is 9. The lowest BCUT2D eigenvalue weighted by Crippen LogP contribution is -2.41. The molecule has 0 aromatic heterocycles. The summed E-state index contributed by atoms with van der Waals surface area (Å²) in [7, 11) is 1.68. The van der Waals surface area contributed by atoms with Crippen LogP contribution >= 0.6 is 24.0 Å². The smallest absolute Gasteiger partial charge is 0.251 e. The van der Waals surface area contributed by atoms with Crippen molar-refractivity contribution in [3.8, 4) is 0 Å². The Labute approximate surface area is 155 Å². The molecule has 0 saturated carbocycles. The van der Waals surface area contributed by atoms with Crippen LogP contribution in [0.2, 0.25) is 0 Å². The predicted molar refractivity (Wildman–Crippen MR) is 105 cm³/mol. The third-order valence-electron chi connectivity index (χ3n) is 2.86. The molecule has 0 aliphatic rings. The van der Waals surface area contributed by atoms with Gasteiger partial charge in [0.1, 0.15) is 0 Å². The number of ether oxygens (including phenoxy) is 1. The van der Waals surface area contributed by atoms with E-state index in [2.05, 4.69) is 20.9 Å². The molecule has 0 radical (unpaired) electrons. The van der Waals surface area contributed by atoms with Crippen molar-refractivity contribution in [2.75, 3.05) is 39.9 Å². The van der Waals surface area contributed by atoms with Gasteiger partial charge in [0.2, 0.25) is 0 Å². The molecular formula is C16H27IN4O2. The highest BCUT2D eigenvalue weighted by atomic mass is 127. The number of carbonyl (C=O) groups excluding carboxylic acids is 1. The van der Waals surface area contributed by atoms with Crippen LogP contribution in [0, 0.1) is 0 Å². The minimum absolute atomic E-state index is 0. The molecule has 1 amide bonds. The maximum atomic E-state index is 11.9. The number of benzene rings is 1. The number of guanidine groups is 1. The van der Waals surface area contributed by atoms with Gasteiger partial charge in [0, 0.05) is 45.5 Å². The highest BCUT2D eigenvalue weighted by Gasteiger charge is 2.03. The van der Waals surface area contributed by atoms with Crippen molar-refractivity contribution in [2.45, 2.75) is 13.3 Å². The Hall–Kier alpha value is -1.35. The second kappa shape index (κ2) is 14.3. The molecule has 0 aliphatic carbocycles. The molecule has 0 unspecified atom stereocenters. The molecule has 1 aromatic rings. The summed E-state index contributed by atoms with van der Waals surface area (Å²) >= 11 is 0. The summed E-state index contributed by atoms with van der Waals surface area (Å²) in [5, 5.41) is 9.22. The summed E-state index contributed by atoms with van der Waals surface area (Å²) in [6.07, 6.45) is 0.887. The van der Waals surface area contributed by atoms with Gasteiger partial charge in [0.25, 0.3) is 5.91 Å². The third kappa shape index (κ3) is 10.1. The lowest BCUT2D eigenvalue weighted by atomic mass is 10.2. The third-order valence-corrected chi connectivity index (χ3v) is 2.86. The number of hydrogen-bond donors (Lipinski definition) is 3. The van der Waals surface area contributed by atoms with E-state index in [0.29, 0.717) is 31.8 Å². The molecular weight excluding hydrogens is 407 g/mol. The number of nitrogens with zero attached hydrogens (tertiary/aromatic N) is 1. The number of hydrogen-bond acceptors (Lipinski definition) is 3. The quantitative estimate of drug-likeness (QED) is 0.239. The fourth-order valence-corrected chi connectivity index (χ4v) is 1.79. The van der Waals surface area contributed by atoms with Crippen molar-refractivity contribution in [3.63, 3.8) is 0 Å². The van der Waals surface area contributed by atoms with Gasteiger partial charge < -0.3 is 20.7 Å². The van der Waals surface area contributed by atoms with E-state index in [0.717, 1.165) is 18.9 Å². The summed E-state index contributed by atoms with van der Waals surface area (Å²) < 4.78 is 4.99. The largest absolute Gasteiger partial charge is 0.385 e. The monoisotopic (exact) mass is 434 g/mol. The van der Waals surface area contributed by atoms with E-state index < -0.39 is 0 Å². The van der Waals surface area contributed by atoms with Crippen LogP contribution in [0.4, 0.5) is 0 Å². The Morgan fingerprint density at radius 1 is 1.13 bits per heavy atom. The average Bonchev–Trinajstić information content (AvgIpc) is 2.56. The molecule has 130 valence electrons. The number of aliphatic imine (C=N–C) groups is 1. The van der Waals surface area contributed by atoms with Gasteiger partial charge in [-0.15, -0.1) is 24.0 Å². The van der Waals surface area contributed by atoms with Crippen molar-refractivity contribution in [1.29, 1.82) is 0 Å². The Kier molecular flexibility index (Phi) is 13.4. The maximum Gasteiger partial charge on any atom is 0.251 e. The first-order chi connectivity index (χ1) is 10.8. The van der Waals surface area contributed by atoms with Crippen molar-refractivity contribution in [1.82, 2.24) is 16.0 Å². The molecule has 0 saturated heterocycles. The SMILES string of the molecule is CCNC(=NCCCOC)NCCNC(=O)c1ccccc1.I. The van der Waals surface area contributed by atoms with Gasteiger partial charge in [0.05, 0.1) is 0 Å². The lowest BCUT2D eigenvalue weighted by Gasteiger charge is -2.11. The van der Waals surface area contributed by atoms with Gasteiger partial charge in [-0.05, 0) is 25.5 Å². The fraction of sp³-hybridized carbons (Fsp3) is 0.500. The first-order valence-electron chi connectivity index (χ1n) is 7.62. The Morgan fingerprint density at radius 3 is 2.48 bits per heavy atom. The first-order valence-corrected chi connectivity index (χ1v) is 7.62. The maximum absolute atomic E-state index is 11.9. The summed E-state index contributed by atoms with van der Waals surface area (Å²) in [6.45, 7) is 5.39. The minimum atomic E-state index is -0.0653. The number of methoxy groups -OCH3 is 1. The number of carbonyl (C=O) groups is 1. The van der Waals surface area contributed by atoms with Crippen LogP contribution in [0.3, 0.4) is 0 Å². The average molecular weight is 434 g/mol. The molecule has 3 N–H and O–H groups in total. The zero-order chi connectivity index (χ0) is 16.0. The van der Waals surface area contributed by atoms with Crippen LogP contribution in [-0.2, 0) is 4.74 Å². The fourth-order valence-electron chi connectivity index (χ4n) is 1.79. The van der Waals surface area contributed by atoms with Crippen LogP contribution in [-0.4, -0.2) is 51.8 Å². The molecule has 0 bridgehead atoms. The molecule has 7 heteroatoms. The summed E-state index contributed by atoms with van der Waals surface area (Å²) in [4.78, 5) is 16.3. The van der Waals surface area contributed by atoms with Crippen LogP contribution in [0.5, 0.6) is 0 Å². The number of amides is 1. The molecule has 1 rings (SSSR count). The standard InChI is InChI=1S/C16H26N4O2.HI/c1-3-17-16(19-10-7-13-22-2)20-12-11-18-15(21)14-8-5-4-6-9-14;/h4-6,8-9H,3,7,10-13H2,1-2H3,(H,18,21)(H2,17,19,20);1H. The Morgan fingerprint density at radius 2 is 1.83 bits per heavy atom. The van der Waals surface area contributed by atoms with Gasteiger partial charge in [-0.1, -0.05) is 18.2 Å². The van der Waals surface area contributed by atoms with Crippen molar-refractivity contribution in [2.24, 2.45) is 4.99 Å². The second-order valence-electron chi connectivity index (χ2n) is 4.66. The van der Waals surface area contributed by atoms with E-state index in [4.69, 9.17) is 4.74 Å². The highest BCUT2D eigenvalue weighted by Crippen LogP contribution is 1.96. The van der Waals surface area contributed by atoms with Gasteiger partial charge in [-0.2, -0.15) is 0 Å². The normalized spacial score (nSPS) is 10.6. The molecule has 0 heterocycles. The Balaban J connectivity index is 0.00000484. The van der Waals surface area contributed by atoms with Gasteiger partial charge >= 0.3 is 0 Å². The molecule has 23 heavy (non-hydrogen) atoms. The van der Waals surface area contributed by atoms with Gasteiger partial charge in [-0.25, -0.2) is 0 Å². The van der Waals surface area contributed by atoms with E-state index >= 15 is 0 Å². The Bertz CT molecular complexity index is 455. The molecule has 0 spiro atoms. The van der Waals surface area contributed by atoms with E-state index in [9.17, 15) is 4.79 Å². The van der Waals surface area contributed by atoms with Crippen LogP contribution in [0.1, 0.15) is 23.7 Å². The van der Waals surface area contributed by atoms with E-state index in [1.54, 1.807) is 19.2 Å². The van der Waals surface area contributed by atoms with Crippen molar-refractivity contribution >= 4 is 35.8 Å². The minimum Gasteiger partial charge on any atom is -0.385 e. The lowest BCUT2D eigenvalue weighted by molar-refractivity contribution is 0.0954. The number of nitrogens with one attached hydrogen (secondary N) is 3. The van der Waals surface area contributed by atoms with Crippen LogP contribution in [0.15, 0.2) is 35.3 Å². The molecule has 0 aliphatic heterocycles. The second-order valence-corrected chi connectivity index (χ2v) is 4.66. The van der Waals surface area contributed by atoms with Crippen molar-refractivity contribution < 1.29 is 9.53 Å². The highest BCUT2D eigenvalue weighted by molar-refractivity contribution is 14.0. The van der Waals surface area contributed by atoms with Crippen molar-refractivity contribution in [3.05, 3.63) is 35.9 Å². The zero-order valence-electron chi connectivity index (χ0n) is 13.8.